The van der Waals surface area contributed by atoms with Gasteiger partial charge in [-0.1, -0.05) is 43.3 Å². The summed E-state index contributed by atoms with van der Waals surface area (Å²) in [5.74, 6) is -0.391. The molecule has 1 N–H and O–H groups in total. The van der Waals surface area contributed by atoms with Crippen LogP contribution >= 0.6 is 0 Å². The number of esters is 1. The summed E-state index contributed by atoms with van der Waals surface area (Å²) in [5, 5.41) is 10.3. The van der Waals surface area contributed by atoms with Gasteiger partial charge in [-0.05, 0) is 38.3 Å². The molecule has 0 aliphatic carbocycles. The van der Waals surface area contributed by atoms with Crippen LogP contribution in [0, 0.1) is 5.41 Å². The van der Waals surface area contributed by atoms with E-state index in [0.29, 0.717) is 0 Å². The molecule has 1 aromatic rings. The summed E-state index contributed by atoms with van der Waals surface area (Å²) < 4.78 is 5.32. The van der Waals surface area contributed by atoms with Crippen LogP contribution in [0.1, 0.15) is 39.7 Å². The van der Waals surface area contributed by atoms with E-state index in [1.807, 2.05) is 50.3 Å². The molecule has 0 saturated heterocycles. The molecule has 0 aromatic heterocycles. The van der Waals surface area contributed by atoms with Crippen molar-refractivity contribution in [3.63, 3.8) is 0 Å². The third-order valence-corrected chi connectivity index (χ3v) is 3.38. The highest BCUT2D eigenvalue weighted by atomic mass is 16.5. The van der Waals surface area contributed by atoms with Gasteiger partial charge in [0.1, 0.15) is 6.61 Å². The lowest BCUT2D eigenvalue weighted by atomic mass is 9.82. The fraction of sp³-hybridized carbons (Fsp3) is 0.471. The number of allylic oxidation sites excluding steroid dienone is 1. The van der Waals surface area contributed by atoms with Gasteiger partial charge in [-0.25, -0.2) is 0 Å². The van der Waals surface area contributed by atoms with Gasteiger partial charge < -0.3 is 9.84 Å². The second-order valence-electron chi connectivity index (χ2n) is 5.54. The van der Waals surface area contributed by atoms with Crippen LogP contribution in [0.5, 0.6) is 0 Å². The Labute approximate surface area is 121 Å². The molecule has 0 heterocycles. The van der Waals surface area contributed by atoms with Crippen LogP contribution < -0.4 is 0 Å². The molecular formula is C17H24O3. The number of benzene rings is 1. The highest BCUT2D eigenvalue weighted by Gasteiger charge is 2.38. The van der Waals surface area contributed by atoms with Crippen molar-refractivity contribution in [1.29, 1.82) is 0 Å². The minimum absolute atomic E-state index is 0.229. The second kappa shape index (κ2) is 7.25. The summed E-state index contributed by atoms with van der Waals surface area (Å²) in [6, 6.07) is 9.52. The molecule has 0 aliphatic heterocycles. The van der Waals surface area contributed by atoms with E-state index in [4.69, 9.17) is 4.74 Å². The first-order valence-electron chi connectivity index (χ1n) is 6.95. The highest BCUT2D eigenvalue weighted by Crippen LogP contribution is 2.28. The third-order valence-electron chi connectivity index (χ3n) is 3.38. The predicted octanol–water partition coefficient (Wildman–Crippen LogP) is 3.47. The minimum atomic E-state index is -0.954. The minimum Gasteiger partial charge on any atom is -0.460 e. The molecule has 3 nitrogen and oxygen atoms in total. The molecule has 3 heteroatoms. The van der Waals surface area contributed by atoms with Crippen LogP contribution in [-0.2, 0) is 16.1 Å². The Morgan fingerprint density at radius 2 is 1.95 bits per heavy atom. The standard InChI is InChI=1S/C17H24O3/c1-5-9-13(2)15(18)17(3,4)16(19)20-12-14-10-7-6-8-11-14/h6-11,15,18H,5,12H2,1-4H3/b13-9+. The van der Waals surface area contributed by atoms with Gasteiger partial charge in [-0.3, -0.25) is 4.79 Å². The Hall–Kier alpha value is -1.61. The zero-order chi connectivity index (χ0) is 15.2. The van der Waals surface area contributed by atoms with E-state index in [1.165, 1.54) is 0 Å². The highest BCUT2D eigenvalue weighted by molar-refractivity contribution is 5.77. The Bertz CT molecular complexity index is 460. The normalized spacial score (nSPS) is 13.9. The number of carbonyl (C=O) groups excluding carboxylic acids is 1. The number of aliphatic hydroxyl groups excluding tert-OH is 1. The second-order valence-corrected chi connectivity index (χ2v) is 5.54. The van der Waals surface area contributed by atoms with Crippen LogP contribution in [0.25, 0.3) is 0 Å². The molecule has 1 unspecified atom stereocenters. The van der Waals surface area contributed by atoms with E-state index < -0.39 is 17.5 Å². The van der Waals surface area contributed by atoms with E-state index in [9.17, 15) is 9.90 Å². The van der Waals surface area contributed by atoms with Crippen molar-refractivity contribution in [3.8, 4) is 0 Å². The van der Waals surface area contributed by atoms with Gasteiger partial charge in [-0.2, -0.15) is 0 Å². The monoisotopic (exact) mass is 276 g/mol. The fourth-order valence-electron chi connectivity index (χ4n) is 2.02. The predicted molar refractivity (Wildman–Crippen MR) is 80.1 cm³/mol. The Morgan fingerprint density at radius 1 is 1.35 bits per heavy atom. The van der Waals surface area contributed by atoms with Crippen LogP contribution in [0.15, 0.2) is 42.0 Å². The average molecular weight is 276 g/mol. The summed E-state index contributed by atoms with van der Waals surface area (Å²) in [4.78, 5) is 12.2. The molecular weight excluding hydrogens is 252 g/mol. The lowest BCUT2D eigenvalue weighted by Gasteiger charge is -2.29. The van der Waals surface area contributed by atoms with Crippen molar-refractivity contribution in [2.45, 2.75) is 46.8 Å². The molecule has 0 bridgehead atoms. The number of hydrogen-bond acceptors (Lipinski definition) is 3. The van der Waals surface area contributed by atoms with Crippen molar-refractivity contribution in [2.24, 2.45) is 5.41 Å². The van der Waals surface area contributed by atoms with Gasteiger partial charge in [0.05, 0.1) is 11.5 Å². The molecule has 0 aliphatic rings. The number of hydrogen-bond donors (Lipinski definition) is 1. The van der Waals surface area contributed by atoms with Crippen molar-refractivity contribution < 1.29 is 14.6 Å². The van der Waals surface area contributed by atoms with Crippen LogP contribution in [-0.4, -0.2) is 17.2 Å². The lowest BCUT2D eigenvalue weighted by Crippen LogP contribution is -2.39. The fourth-order valence-corrected chi connectivity index (χ4v) is 2.02. The van der Waals surface area contributed by atoms with Gasteiger partial charge in [-0.15, -0.1) is 0 Å². The van der Waals surface area contributed by atoms with Gasteiger partial charge in [0.15, 0.2) is 0 Å². The van der Waals surface area contributed by atoms with Crippen molar-refractivity contribution in [2.75, 3.05) is 0 Å². The van der Waals surface area contributed by atoms with E-state index >= 15 is 0 Å². The van der Waals surface area contributed by atoms with Crippen LogP contribution in [0.3, 0.4) is 0 Å². The first-order valence-corrected chi connectivity index (χ1v) is 6.95. The molecule has 20 heavy (non-hydrogen) atoms. The average Bonchev–Trinajstić information content (AvgIpc) is 2.45. The molecule has 1 aromatic carbocycles. The zero-order valence-electron chi connectivity index (χ0n) is 12.7. The quantitative estimate of drug-likeness (QED) is 0.639. The Balaban J connectivity index is 2.67. The SMILES string of the molecule is CC/C=C(\C)C(O)C(C)(C)C(=O)OCc1ccccc1. The van der Waals surface area contributed by atoms with E-state index in [2.05, 4.69) is 0 Å². The van der Waals surface area contributed by atoms with E-state index in [1.54, 1.807) is 13.8 Å². The molecule has 0 amide bonds. The van der Waals surface area contributed by atoms with Crippen molar-refractivity contribution in [1.82, 2.24) is 0 Å². The molecule has 0 radical (unpaired) electrons. The number of aliphatic hydroxyl groups is 1. The van der Waals surface area contributed by atoms with E-state index in [0.717, 1.165) is 17.6 Å². The van der Waals surface area contributed by atoms with Gasteiger partial charge in [0, 0.05) is 0 Å². The largest absolute Gasteiger partial charge is 0.460 e. The summed E-state index contributed by atoms with van der Waals surface area (Å²) in [5.41, 5.74) is 0.783. The summed E-state index contributed by atoms with van der Waals surface area (Å²) in [6.07, 6.45) is 1.93. The molecule has 0 saturated carbocycles. The third kappa shape index (κ3) is 4.20. The lowest BCUT2D eigenvalue weighted by molar-refractivity contribution is -0.160. The summed E-state index contributed by atoms with van der Waals surface area (Å²) >= 11 is 0. The first-order chi connectivity index (χ1) is 9.39. The Morgan fingerprint density at radius 3 is 2.50 bits per heavy atom. The van der Waals surface area contributed by atoms with Crippen LogP contribution in [0.4, 0.5) is 0 Å². The molecule has 1 atom stereocenters. The summed E-state index contributed by atoms with van der Waals surface area (Å²) in [6.45, 7) is 7.47. The Kier molecular flexibility index (Phi) is 5.96. The summed E-state index contributed by atoms with van der Waals surface area (Å²) in [7, 11) is 0. The van der Waals surface area contributed by atoms with Gasteiger partial charge in [0.2, 0.25) is 0 Å². The van der Waals surface area contributed by atoms with Gasteiger partial charge >= 0.3 is 5.97 Å². The number of ether oxygens (including phenoxy) is 1. The zero-order valence-corrected chi connectivity index (χ0v) is 12.7. The maximum absolute atomic E-state index is 12.2. The van der Waals surface area contributed by atoms with Crippen LogP contribution in [0.2, 0.25) is 0 Å². The maximum Gasteiger partial charge on any atom is 0.314 e. The topological polar surface area (TPSA) is 46.5 Å². The number of carbonyl (C=O) groups is 1. The first kappa shape index (κ1) is 16.4. The number of rotatable bonds is 6. The molecule has 110 valence electrons. The molecule has 1 rings (SSSR count). The van der Waals surface area contributed by atoms with Crippen molar-refractivity contribution in [3.05, 3.63) is 47.5 Å². The molecule has 0 spiro atoms. The maximum atomic E-state index is 12.2. The van der Waals surface area contributed by atoms with Gasteiger partial charge in [0.25, 0.3) is 0 Å². The molecule has 0 fully saturated rings. The van der Waals surface area contributed by atoms with Crippen molar-refractivity contribution >= 4 is 5.97 Å². The smallest absolute Gasteiger partial charge is 0.314 e. The van der Waals surface area contributed by atoms with E-state index in [-0.39, 0.29) is 6.61 Å².